The van der Waals surface area contributed by atoms with Gasteiger partial charge >= 0.3 is 0 Å². The molecule has 0 fully saturated rings. The van der Waals surface area contributed by atoms with Gasteiger partial charge in [-0.1, -0.05) is 32.0 Å². The van der Waals surface area contributed by atoms with Gasteiger partial charge in [0.1, 0.15) is 5.75 Å². The Morgan fingerprint density at radius 3 is 2.53 bits per heavy atom. The van der Waals surface area contributed by atoms with E-state index >= 15 is 0 Å². The van der Waals surface area contributed by atoms with Crippen LogP contribution in [0, 0.1) is 5.92 Å². The summed E-state index contributed by atoms with van der Waals surface area (Å²) >= 11 is 0. The molecule has 0 aliphatic carbocycles. The quantitative estimate of drug-likeness (QED) is 0.786. The molecule has 2 heteroatoms. The van der Waals surface area contributed by atoms with Gasteiger partial charge in [0.05, 0.1) is 6.61 Å². The van der Waals surface area contributed by atoms with Crippen LogP contribution in [-0.2, 0) is 6.42 Å². The van der Waals surface area contributed by atoms with E-state index < -0.39 is 0 Å². The Labute approximate surface area is 105 Å². The highest BCUT2D eigenvalue weighted by molar-refractivity contribution is 5.33. The number of para-hydroxylation sites is 1. The van der Waals surface area contributed by atoms with E-state index in [-0.39, 0.29) is 0 Å². The predicted octanol–water partition coefficient (Wildman–Crippen LogP) is 3.39. The van der Waals surface area contributed by atoms with Crippen LogP contribution in [0.25, 0.3) is 0 Å². The van der Waals surface area contributed by atoms with Crippen molar-refractivity contribution in [3.63, 3.8) is 0 Å². The molecule has 96 valence electrons. The van der Waals surface area contributed by atoms with Crippen LogP contribution in [0.3, 0.4) is 0 Å². The van der Waals surface area contributed by atoms with Gasteiger partial charge in [0, 0.05) is 6.04 Å². The lowest BCUT2D eigenvalue weighted by atomic mass is 10.0. The molecule has 0 saturated carbocycles. The fourth-order valence-corrected chi connectivity index (χ4v) is 1.72. The molecule has 0 aliphatic heterocycles. The first-order chi connectivity index (χ1) is 8.09. The fraction of sp³-hybridized carbons (Fsp3) is 0.600. The van der Waals surface area contributed by atoms with E-state index in [2.05, 4.69) is 39.0 Å². The summed E-state index contributed by atoms with van der Waals surface area (Å²) in [6.45, 7) is 7.17. The van der Waals surface area contributed by atoms with Crippen LogP contribution in [0.1, 0.15) is 39.2 Å². The van der Waals surface area contributed by atoms with E-state index in [0.717, 1.165) is 31.6 Å². The maximum absolute atomic E-state index is 5.82. The minimum absolute atomic E-state index is 0.291. The second-order valence-electron chi connectivity index (χ2n) is 5.18. The lowest BCUT2D eigenvalue weighted by Crippen LogP contribution is -2.14. The third kappa shape index (κ3) is 5.73. The third-order valence-corrected chi connectivity index (χ3v) is 2.65. The van der Waals surface area contributed by atoms with Gasteiger partial charge in [-0.05, 0) is 43.7 Å². The summed E-state index contributed by atoms with van der Waals surface area (Å²) in [5.41, 5.74) is 7.06. The van der Waals surface area contributed by atoms with Crippen LogP contribution < -0.4 is 10.5 Å². The average Bonchev–Trinajstić information content (AvgIpc) is 2.27. The first kappa shape index (κ1) is 14.0. The summed E-state index contributed by atoms with van der Waals surface area (Å²) in [6.07, 6.45) is 3.24. The normalized spacial score (nSPS) is 12.8. The van der Waals surface area contributed by atoms with Crippen molar-refractivity contribution in [2.45, 2.75) is 46.1 Å². The Balaban J connectivity index is 2.51. The van der Waals surface area contributed by atoms with Crippen molar-refractivity contribution in [2.24, 2.45) is 11.7 Å². The van der Waals surface area contributed by atoms with Crippen LogP contribution in [-0.4, -0.2) is 12.6 Å². The Morgan fingerprint density at radius 2 is 1.88 bits per heavy atom. The summed E-state index contributed by atoms with van der Waals surface area (Å²) in [5.74, 6) is 1.60. The van der Waals surface area contributed by atoms with E-state index in [1.807, 2.05) is 6.07 Å². The standard InChI is InChI=1S/C15H25NO/c1-12(2)11-17-15-10-5-4-8-14(15)9-6-7-13(3)16/h4-5,8,10,12-13H,6-7,9,11,16H2,1-3H3. The molecule has 1 aromatic rings. The Hall–Kier alpha value is -1.02. The summed E-state index contributed by atoms with van der Waals surface area (Å²) in [4.78, 5) is 0. The molecule has 1 unspecified atom stereocenters. The van der Waals surface area contributed by atoms with E-state index in [1.165, 1.54) is 5.56 Å². The van der Waals surface area contributed by atoms with Crippen LogP contribution in [0.5, 0.6) is 5.75 Å². The summed E-state index contributed by atoms with van der Waals surface area (Å²) < 4.78 is 5.82. The topological polar surface area (TPSA) is 35.2 Å². The Kier molecular flexibility index (Phi) is 6.06. The maximum Gasteiger partial charge on any atom is 0.122 e. The number of aryl methyl sites for hydroxylation is 1. The predicted molar refractivity (Wildman–Crippen MR) is 73.4 cm³/mol. The molecule has 0 radical (unpaired) electrons. The van der Waals surface area contributed by atoms with Crippen LogP contribution in [0.2, 0.25) is 0 Å². The SMILES string of the molecule is CC(C)COc1ccccc1CCCC(C)N. The molecule has 1 aromatic carbocycles. The van der Waals surface area contributed by atoms with Gasteiger partial charge in [-0.25, -0.2) is 0 Å². The van der Waals surface area contributed by atoms with Crippen molar-refractivity contribution < 1.29 is 4.74 Å². The van der Waals surface area contributed by atoms with E-state index in [4.69, 9.17) is 10.5 Å². The number of ether oxygens (including phenoxy) is 1. The van der Waals surface area contributed by atoms with Crippen molar-refractivity contribution in [1.82, 2.24) is 0 Å². The van der Waals surface area contributed by atoms with Crippen LogP contribution in [0.4, 0.5) is 0 Å². The second-order valence-corrected chi connectivity index (χ2v) is 5.18. The van der Waals surface area contributed by atoms with E-state index in [1.54, 1.807) is 0 Å². The number of benzene rings is 1. The number of rotatable bonds is 7. The van der Waals surface area contributed by atoms with Gasteiger partial charge in [0.25, 0.3) is 0 Å². The molecule has 0 aromatic heterocycles. The highest BCUT2D eigenvalue weighted by Gasteiger charge is 2.04. The van der Waals surface area contributed by atoms with Crippen molar-refractivity contribution in [3.8, 4) is 5.75 Å². The van der Waals surface area contributed by atoms with Crippen LogP contribution in [0.15, 0.2) is 24.3 Å². The molecule has 0 aliphatic rings. The van der Waals surface area contributed by atoms with Gasteiger partial charge in [-0.15, -0.1) is 0 Å². The van der Waals surface area contributed by atoms with Gasteiger partial charge in [-0.2, -0.15) is 0 Å². The lowest BCUT2D eigenvalue weighted by Gasteiger charge is -2.13. The molecule has 0 amide bonds. The third-order valence-electron chi connectivity index (χ3n) is 2.65. The number of hydrogen-bond acceptors (Lipinski definition) is 2. The molecule has 1 atom stereocenters. The summed E-state index contributed by atoms with van der Waals surface area (Å²) in [7, 11) is 0. The minimum atomic E-state index is 0.291. The molecular weight excluding hydrogens is 210 g/mol. The van der Waals surface area contributed by atoms with Crippen molar-refractivity contribution in [2.75, 3.05) is 6.61 Å². The molecule has 0 heterocycles. The highest BCUT2D eigenvalue weighted by atomic mass is 16.5. The zero-order valence-corrected chi connectivity index (χ0v) is 11.3. The molecule has 17 heavy (non-hydrogen) atoms. The molecule has 1 rings (SSSR count). The fourth-order valence-electron chi connectivity index (χ4n) is 1.72. The molecule has 2 nitrogen and oxygen atoms in total. The first-order valence-electron chi connectivity index (χ1n) is 6.56. The van der Waals surface area contributed by atoms with Crippen molar-refractivity contribution >= 4 is 0 Å². The van der Waals surface area contributed by atoms with Crippen molar-refractivity contribution in [3.05, 3.63) is 29.8 Å². The molecule has 0 spiro atoms. The minimum Gasteiger partial charge on any atom is -0.493 e. The molecule has 0 saturated heterocycles. The molecule has 0 bridgehead atoms. The monoisotopic (exact) mass is 235 g/mol. The molecular formula is C15H25NO. The highest BCUT2D eigenvalue weighted by Crippen LogP contribution is 2.20. The maximum atomic E-state index is 5.82. The van der Waals surface area contributed by atoms with Gasteiger partial charge in [0.2, 0.25) is 0 Å². The van der Waals surface area contributed by atoms with Crippen molar-refractivity contribution in [1.29, 1.82) is 0 Å². The zero-order valence-electron chi connectivity index (χ0n) is 11.3. The zero-order chi connectivity index (χ0) is 12.7. The Bertz CT molecular complexity index is 320. The van der Waals surface area contributed by atoms with Gasteiger partial charge in [-0.3, -0.25) is 0 Å². The van der Waals surface area contributed by atoms with E-state index in [9.17, 15) is 0 Å². The largest absolute Gasteiger partial charge is 0.493 e. The van der Waals surface area contributed by atoms with Crippen LogP contribution >= 0.6 is 0 Å². The Morgan fingerprint density at radius 1 is 1.18 bits per heavy atom. The molecule has 2 N–H and O–H groups in total. The van der Waals surface area contributed by atoms with E-state index in [0.29, 0.717) is 12.0 Å². The lowest BCUT2D eigenvalue weighted by molar-refractivity contribution is 0.268. The first-order valence-corrected chi connectivity index (χ1v) is 6.56. The number of nitrogens with two attached hydrogens (primary N) is 1. The summed E-state index contributed by atoms with van der Waals surface area (Å²) in [5, 5.41) is 0. The second kappa shape index (κ2) is 7.33. The number of hydrogen-bond donors (Lipinski definition) is 1. The average molecular weight is 235 g/mol. The smallest absolute Gasteiger partial charge is 0.122 e. The summed E-state index contributed by atoms with van der Waals surface area (Å²) in [6, 6.07) is 8.60. The van der Waals surface area contributed by atoms with Gasteiger partial charge < -0.3 is 10.5 Å². The van der Waals surface area contributed by atoms with Gasteiger partial charge in [0.15, 0.2) is 0 Å².